The minimum Gasteiger partial charge on any atom is -0.490 e. The van der Waals surface area contributed by atoms with Crippen LogP contribution < -0.4 is 15.2 Å². The predicted octanol–water partition coefficient (Wildman–Crippen LogP) is 4.68. The van der Waals surface area contributed by atoms with Gasteiger partial charge in [-0.05, 0) is 61.6 Å². The molecule has 2 aromatic rings. The van der Waals surface area contributed by atoms with Crippen LogP contribution in [0, 0.1) is 0 Å². The number of halogens is 3. The van der Waals surface area contributed by atoms with E-state index in [0.29, 0.717) is 0 Å². The largest absolute Gasteiger partial charge is 0.490 e. The summed E-state index contributed by atoms with van der Waals surface area (Å²) in [7, 11) is -4.48. The molecule has 5 nitrogen and oxygen atoms in total. The molecule has 2 aromatic carbocycles. The van der Waals surface area contributed by atoms with Gasteiger partial charge in [-0.3, -0.25) is 0 Å². The Morgan fingerprint density at radius 2 is 1.69 bits per heavy atom. The Labute approximate surface area is 168 Å². The number of nitrogens with one attached hydrogen (secondary N) is 1. The van der Waals surface area contributed by atoms with Gasteiger partial charge in [0.2, 0.25) is 10.0 Å². The number of sulfonamides is 1. The number of primary sulfonamides is 1. The van der Waals surface area contributed by atoms with E-state index in [1.165, 1.54) is 25.3 Å². The van der Waals surface area contributed by atoms with Crippen molar-refractivity contribution < 1.29 is 26.3 Å². The molecule has 0 heterocycles. The van der Waals surface area contributed by atoms with Gasteiger partial charge in [-0.15, -0.1) is 0 Å². The normalized spacial score (nSPS) is 15.9. The Balaban J connectivity index is 1.66. The first-order valence-corrected chi connectivity index (χ1v) is 10.9. The van der Waals surface area contributed by atoms with E-state index >= 15 is 0 Å². The average molecular weight is 428 g/mol. The smallest absolute Gasteiger partial charge is 0.417 e. The zero-order valence-corrected chi connectivity index (χ0v) is 16.5. The summed E-state index contributed by atoms with van der Waals surface area (Å²) >= 11 is 0. The number of anilines is 1. The van der Waals surface area contributed by atoms with Gasteiger partial charge >= 0.3 is 6.18 Å². The fourth-order valence-corrected chi connectivity index (χ4v) is 4.11. The third-order valence-corrected chi connectivity index (χ3v) is 5.84. The highest BCUT2D eigenvalue weighted by molar-refractivity contribution is 7.89. The van der Waals surface area contributed by atoms with Crippen LogP contribution in [-0.4, -0.2) is 14.5 Å². The van der Waals surface area contributed by atoms with E-state index < -0.39 is 26.7 Å². The van der Waals surface area contributed by atoms with Crippen LogP contribution in [0.25, 0.3) is 0 Å². The first-order chi connectivity index (χ1) is 13.6. The van der Waals surface area contributed by atoms with Crippen molar-refractivity contribution >= 4 is 15.7 Å². The summed E-state index contributed by atoms with van der Waals surface area (Å²) in [6.07, 6.45) is 1.12. The predicted molar refractivity (Wildman–Crippen MR) is 104 cm³/mol. The summed E-state index contributed by atoms with van der Waals surface area (Å²) in [5.41, 5.74) is -0.293. The molecule has 0 aliphatic heterocycles. The van der Waals surface area contributed by atoms with Crippen LogP contribution in [-0.2, 0) is 22.7 Å². The molecule has 1 saturated carbocycles. The van der Waals surface area contributed by atoms with Gasteiger partial charge in [0.25, 0.3) is 0 Å². The van der Waals surface area contributed by atoms with Gasteiger partial charge in [0.15, 0.2) is 0 Å². The lowest BCUT2D eigenvalue weighted by Crippen LogP contribution is -2.19. The first-order valence-electron chi connectivity index (χ1n) is 9.36. The molecule has 0 amide bonds. The Morgan fingerprint density at radius 1 is 1.03 bits per heavy atom. The number of rotatable bonds is 6. The molecule has 0 saturated heterocycles. The van der Waals surface area contributed by atoms with E-state index in [1.807, 2.05) is 24.3 Å². The zero-order valence-electron chi connectivity index (χ0n) is 15.7. The molecule has 0 bridgehead atoms. The summed E-state index contributed by atoms with van der Waals surface area (Å²) in [6.45, 7) is 0.274. The van der Waals surface area contributed by atoms with Crippen LogP contribution in [0.1, 0.15) is 43.2 Å². The second-order valence-electron chi connectivity index (χ2n) is 7.13. The van der Waals surface area contributed by atoms with Gasteiger partial charge in [0.1, 0.15) is 5.75 Å². The lowest BCUT2D eigenvalue weighted by Gasteiger charge is -2.23. The molecule has 1 fully saturated rings. The quantitative estimate of drug-likeness (QED) is 0.700. The van der Waals surface area contributed by atoms with E-state index in [1.54, 1.807) is 0 Å². The van der Waals surface area contributed by atoms with Crippen molar-refractivity contribution in [1.82, 2.24) is 0 Å². The highest BCUT2D eigenvalue weighted by Gasteiger charge is 2.36. The highest BCUT2D eigenvalue weighted by atomic mass is 32.2. The summed E-state index contributed by atoms with van der Waals surface area (Å²) in [6, 6.07) is 10.2. The molecular formula is C20H23F3N2O3S. The fraction of sp³-hybridized carbons (Fsp3) is 0.400. The van der Waals surface area contributed by atoms with Gasteiger partial charge in [-0.1, -0.05) is 18.6 Å². The highest BCUT2D eigenvalue weighted by Crippen LogP contribution is 2.35. The standard InChI is InChI=1S/C20H23F3N2O3S/c21-20(22,23)18-12-15(8-11-19(18)29(24,26)27)25-13-14-6-9-17(10-7-14)28-16-4-2-1-3-5-16/h6-12,16,25H,1-5,13H2,(H2,24,26,27). The van der Waals surface area contributed by atoms with E-state index in [-0.39, 0.29) is 18.3 Å². The second-order valence-corrected chi connectivity index (χ2v) is 8.66. The maximum atomic E-state index is 13.2. The lowest BCUT2D eigenvalue weighted by atomic mass is 9.98. The zero-order chi connectivity index (χ0) is 21.1. The minimum atomic E-state index is -4.84. The van der Waals surface area contributed by atoms with Gasteiger partial charge in [-0.2, -0.15) is 13.2 Å². The van der Waals surface area contributed by atoms with Gasteiger partial charge in [-0.25, -0.2) is 13.6 Å². The molecule has 3 N–H and O–H groups in total. The topological polar surface area (TPSA) is 81.4 Å². The number of hydrogen-bond acceptors (Lipinski definition) is 4. The lowest BCUT2D eigenvalue weighted by molar-refractivity contribution is -0.139. The summed E-state index contributed by atoms with van der Waals surface area (Å²) in [5.74, 6) is 0.775. The van der Waals surface area contributed by atoms with Crippen molar-refractivity contribution in [2.45, 2.75) is 55.8 Å². The minimum absolute atomic E-state index is 0.146. The van der Waals surface area contributed by atoms with Crippen LogP contribution >= 0.6 is 0 Å². The maximum absolute atomic E-state index is 13.2. The Hall–Kier alpha value is -2.26. The van der Waals surface area contributed by atoms with Crippen molar-refractivity contribution in [2.75, 3.05) is 5.32 Å². The van der Waals surface area contributed by atoms with Crippen LogP contribution in [0.3, 0.4) is 0 Å². The number of nitrogens with two attached hydrogens (primary N) is 1. The molecule has 1 aliphatic carbocycles. The molecule has 0 aromatic heterocycles. The van der Waals surface area contributed by atoms with Crippen LogP contribution in [0.15, 0.2) is 47.4 Å². The molecule has 0 spiro atoms. The molecule has 158 valence electrons. The fourth-order valence-electron chi connectivity index (χ4n) is 3.38. The van der Waals surface area contributed by atoms with Gasteiger partial charge < -0.3 is 10.1 Å². The van der Waals surface area contributed by atoms with E-state index in [4.69, 9.17) is 9.88 Å². The third-order valence-electron chi connectivity index (χ3n) is 4.87. The third kappa shape index (κ3) is 5.86. The van der Waals surface area contributed by atoms with Crippen molar-refractivity contribution in [1.29, 1.82) is 0 Å². The van der Waals surface area contributed by atoms with Crippen LogP contribution in [0.5, 0.6) is 5.75 Å². The van der Waals surface area contributed by atoms with Crippen molar-refractivity contribution in [3.05, 3.63) is 53.6 Å². The maximum Gasteiger partial charge on any atom is 0.417 e. The molecule has 9 heteroatoms. The number of ether oxygens (including phenoxy) is 1. The summed E-state index contributed by atoms with van der Waals surface area (Å²) < 4.78 is 68.4. The van der Waals surface area contributed by atoms with Crippen molar-refractivity contribution in [2.24, 2.45) is 5.14 Å². The average Bonchev–Trinajstić information content (AvgIpc) is 2.67. The first kappa shape index (κ1) is 21.4. The van der Waals surface area contributed by atoms with Crippen molar-refractivity contribution in [3.63, 3.8) is 0 Å². The monoisotopic (exact) mass is 428 g/mol. The molecule has 29 heavy (non-hydrogen) atoms. The molecule has 1 aliphatic rings. The molecular weight excluding hydrogens is 405 g/mol. The number of benzene rings is 2. The SMILES string of the molecule is NS(=O)(=O)c1ccc(NCc2ccc(OC3CCCCC3)cc2)cc1C(F)(F)F. The number of alkyl halides is 3. The molecule has 0 atom stereocenters. The van der Waals surface area contributed by atoms with Gasteiger partial charge in [0.05, 0.1) is 16.6 Å². The molecule has 0 unspecified atom stereocenters. The van der Waals surface area contributed by atoms with Gasteiger partial charge in [0, 0.05) is 12.2 Å². The van der Waals surface area contributed by atoms with Crippen LogP contribution in [0.4, 0.5) is 18.9 Å². The van der Waals surface area contributed by atoms with E-state index in [9.17, 15) is 21.6 Å². The summed E-state index contributed by atoms with van der Waals surface area (Å²) in [4.78, 5) is -0.945. The van der Waals surface area contributed by atoms with E-state index in [0.717, 1.165) is 36.3 Å². The molecule has 3 rings (SSSR count). The van der Waals surface area contributed by atoms with E-state index in [2.05, 4.69) is 5.32 Å². The van der Waals surface area contributed by atoms with Crippen LogP contribution in [0.2, 0.25) is 0 Å². The number of hydrogen-bond donors (Lipinski definition) is 2. The molecule has 0 radical (unpaired) electrons. The Bertz CT molecular complexity index is 938. The Kier molecular flexibility index (Phi) is 6.38. The Morgan fingerprint density at radius 3 is 2.28 bits per heavy atom. The summed E-state index contributed by atoms with van der Waals surface area (Å²) in [5, 5.41) is 7.77. The second kappa shape index (κ2) is 8.62. The van der Waals surface area contributed by atoms with Crippen molar-refractivity contribution in [3.8, 4) is 5.75 Å².